The average molecular weight is 530 g/mol. The molecule has 0 spiro atoms. The maximum atomic E-state index is 2.38. The summed E-state index contributed by atoms with van der Waals surface area (Å²) < 4.78 is 0. The molecule has 0 atom stereocenters. The third kappa shape index (κ3) is 6.65. The van der Waals surface area contributed by atoms with Crippen LogP contribution in [0.4, 0.5) is 17.1 Å². The number of nitrogens with zero attached hydrogens (tertiary/aromatic N) is 1. The monoisotopic (exact) mass is 529 g/mol. The fourth-order valence-electron chi connectivity index (χ4n) is 5.38. The number of fused-ring (bicyclic) bond motifs is 1. The summed E-state index contributed by atoms with van der Waals surface area (Å²) in [5.74, 6) is 0. The predicted molar refractivity (Wildman–Crippen MR) is 178 cm³/mol. The van der Waals surface area contributed by atoms with Gasteiger partial charge in [-0.3, -0.25) is 0 Å². The zero-order valence-corrected chi connectivity index (χ0v) is 23.6. The average Bonchev–Trinajstić information content (AvgIpc) is 3.49. The lowest BCUT2D eigenvalue weighted by atomic mass is 10.1. The molecule has 1 heteroatoms. The molecule has 1 nitrogen and oxygen atoms in total. The predicted octanol–water partition coefficient (Wildman–Crippen LogP) is 10.9. The highest BCUT2D eigenvalue weighted by molar-refractivity contribution is 5.79. The van der Waals surface area contributed by atoms with Crippen LogP contribution in [0.3, 0.4) is 0 Å². The van der Waals surface area contributed by atoms with Crippen LogP contribution in [-0.2, 0) is 12.8 Å². The Balaban J connectivity index is 1.25. The van der Waals surface area contributed by atoms with Crippen molar-refractivity contribution in [1.82, 2.24) is 0 Å². The number of hydrogen-bond acceptors (Lipinski definition) is 1. The number of anilines is 3. The molecule has 0 saturated heterocycles. The summed E-state index contributed by atoms with van der Waals surface area (Å²) in [5.41, 5.74) is 12.6. The Hall–Kier alpha value is -4.88. The topological polar surface area (TPSA) is 3.24 Å². The van der Waals surface area contributed by atoms with Crippen LogP contribution in [0.15, 0.2) is 133 Å². The second-order valence-electron chi connectivity index (χ2n) is 10.7. The first-order valence-corrected chi connectivity index (χ1v) is 14.5. The van der Waals surface area contributed by atoms with E-state index < -0.39 is 0 Å². The zero-order chi connectivity index (χ0) is 27.9. The molecule has 0 N–H and O–H groups in total. The minimum absolute atomic E-state index is 1.16. The van der Waals surface area contributed by atoms with Crippen LogP contribution in [0.25, 0.3) is 24.3 Å². The van der Waals surface area contributed by atoms with Crippen LogP contribution < -0.4 is 4.90 Å². The van der Waals surface area contributed by atoms with Gasteiger partial charge in [-0.05, 0) is 96.0 Å². The number of allylic oxidation sites excluding steroid dienone is 2. The Bertz CT molecular complexity index is 1670. The molecular weight excluding hydrogens is 494 g/mol. The lowest BCUT2D eigenvalue weighted by Crippen LogP contribution is -2.10. The van der Waals surface area contributed by atoms with E-state index in [1.807, 2.05) is 6.07 Å². The molecule has 0 radical (unpaired) electrons. The van der Waals surface area contributed by atoms with Gasteiger partial charge in [0.05, 0.1) is 0 Å². The first kappa shape index (κ1) is 26.3. The smallest absolute Gasteiger partial charge is 0.0464 e. The maximum absolute atomic E-state index is 2.38. The zero-order valence-electron chi connectivity index (χ0n) is 23.6. The van der Waals surface area contributed by atoms with Crippen LogP contribution >= 0.6 is 0 Å². The van der Waals surface area contributed by atoms with Crippen molar-refractivity contribution in [2.75, 3.05) is 4.90 Å². The molecule has 1 aliphatic carbocycles. The molecule has 0 fully saturated rings. The minimum atomic E-state index is 1.16. The third-order valence-corrected chi connectivity index (χ3v) is 7.68. The molecule has 0 heterocycles. The second kappa shape index (κ2) is 12.5. The van der Waals surface area contributed by atoms with Crippen molar-refractivity contribution in [2.45, 2.75) is 26.2 Å². The van der Waals surface area contributed by atoms with E-state index >= 15 is 0 Å². The molecule has 0 bridgehead atoms. The normalized spacial score (nSPS) is 12.9. The van der Waals surface area contributed by atoms with Crippen molar-refractivity contribution in [3.05, 3.63) is 172 Å². The number of benzene rings is 5. The van der Waals surface area contributed by atoms with Gasteiger partial charge in [0.25, 0.3) is 0 Å². The van der Waals surface area contributed by atoms with Gasteiger partial charge in [-0.2, -0.15) is 0 Å². The van der Waals surface area contributed by atoms with Crippen molar-refractivity contribution < 1.29 is 0 Å². The van der Waals surface area contributed by atoms with Gasteiger partial charge < -0.3 is 4.90 Å². The molecule has 0 unspecified atom stereocenters. The van der Waals surface area contributed by atoms with Crippen molar-refractivity contribution in [3.8, 4) is 0 Å². The molecule has 0 saturated carbocycles. The van der Waals surface area contributed by atoms with Crippen molar-refractivity contribution in [2.24, 2.45) is 0 Å². The van der Waals surface area contributed by atoms with E-state index in [2.05, 4.69) is 164 Å². The summed E-state index contributed by atoms with van der Waals surface area (Å²) in [7, 11) is 0. The molecule has 0 aromatic heterocycles. The fourth-order valence-corrected chi connectivity index (χ4v) is 5.38. The van der Waals surface area contributed by atoms with Gasteiger partial charge in [-0.15, -0.1) is 0 Å². The van der Waals surface area contributed by atoms with Gasteiger partial charge in [0.15, 0.2) is 0 Å². The largest absolute Gasteiger partial charge is 0.310 e. The van der Waals surface area contributed by atoms with Gasteiger partial charge in [0.1, 0.15) is 0 Å². The van der Waals surface area contributed by atoms with Crippen LogP contribution in [-0.4, -0.2) is 0 Å². The second-order valence-corrected chi connectivity index (χ2v) is 10.7. The van der Waals surface area contributed by atoms with E-state index in [0.717, 1.165) is 11.4 Å². The molecule has 41 heavy (non-hydrogen) atoms. The lowest BCUT2D eigenvalue weighted by Gasteiger charge is -2.26. The van der Waals surface area contributed by atoms with Crippen molar-refractivity contribution >= 4 is 41.4 Å². The van der Waals surface area contributed by atoms with E-state index in [1.165, 1.54) is 63.9 Å². The lowest BCUT2D eigenvalue weighted by molar-refractivity contribution is 0.912. The molecule has 5 aromatic rings. The first-order valence-electron chi connectivity index (χ1n) is 14.5. The highest BCUT2D eigenvalue weighted by Crippen LogP contribution is 2.37. The highest BCUT2D eigenvalue weighted by Gasteiger charge is 2.16. The summed E-state index contributed by atoms with van der Waals surface area (Å²) in [6, 6.07) is 43.7. The van der Waals surface area contributed by atoms with Crippen LogP contribution in [0.2, 0.25) is 0 Å². The van der Waals surface area contributed by atoms with Crippen molar-refractivity contribution in [1.29, 1.82) is 0 Å². The molecule has 200 valence electrons. The van der Waals surface area contributed by atoms with E-state index in [4.69, 9.17) is 0 Å². The molecule has 6 rings (SSSR count). The standard InChI is InChI=1S/C40H35N/c1-31-14-16-34(17-15-31)18-19-35-22-27-39(28-23-35)41(40-29-24-36-12-7-13-37(36)30-40)38-25-20-33(21-26-38)11-6-5-10-32-8-3-2-4-9-32/h2-6,8-11,14-30H,7,12-13H2,1H3/b10-5+,11-6+,19-18+. The van der Waals surface area contributed by atoms with E-state index in [9.17, 15) is 0 Å². The summed E-state index contributed by atoms with van der Waals surface area (Å²) in [5, 5.41) is 0. The SMILES string of the molecule is Cc1ccc(/C=C/c2ccc(N(c3ccc(/C=C/C=C/c4ccccc4)cc3)c3ccc4c(c3)CCC4)cc2)cc1. The Labute approximate surface area is 244 Å². The van der Waals surface area contributed by atoms with Gasteiger partial charge in [0.2, 0.25) is 0 Å². The Morgan fingerprint density at radius 3 is 1.56 bits per heavy atom. The van der Waals surface area contributed by atoms with Crippen LogP contribution in [0, 0.1) is 6.92 Å². The first-order chi connectivity index (χ1) is 20.2. The van der Waals surface area contributed by atoms with Crippen LogP contribution in [0.5, 0.6) is 0 Å². The molecule has 1 aliphatic rings. The Morgan fingerprint density at radius 2 is 0.951 bits per heavy atom. The van der Waals surface area contributed by atoms with Crippen LogP contribution in [0.1, 0.15) is 45.4 Å². The quantitative estimate of drug-likeness (QED) is 0.143. The number of aryl methyl sites for hydroxylation is 3. The maximum Gasteiger partial charge on any atom is 0.0464 e. The minimum Gasteiger partial charge on any atom is -0.310 e. The summed E-state index contributed by atoms with van der Waals surface area (Å²) in [4.78, 5) is 2.37. The van der Waals surface area contributed by atoms with E-state index in [1.54, 1.807) is 0 Å². The fraction of sp³-hybridized carbons (Fsp3) is 0.100. The molecule has 0 aliphatic heterocycles. The number of hydrogen-bond donors (Lipinski definition) is 0. The Kier molecular flexibility index (Phi) is 8.05. The highest BCUT2D eigenvalue weighted by atomic mass is 15.1. The van der Waals surface area contributed by atoms with Gasteiger partial charge in [-0.1, -0.05) is 127 Å². The summed E-state index contributed by atoms with van der Waals surface area (Å²) in [6.07, 6.45) is 16.4. The van der Waals surface area contributed by atoms with Crippen molar-refractivity contribution in [3.63, 3.8) is 0 Å². The summed E-state index contributed by atoms with van der Waals surface area (Å²) >= 11 is 0. The molecule has 0 amide bonds. The number of rotatable bonds is 8. The molecular formula is C40H35N. The summed E-state index contributed by atoms with van der Waals surface area (Å²) in [6.45, 7) is 2.12. The Morgan fingerprint density at radius 1 is 0.463 bits per heavy atom. The van der Waals surface area contributed by atoms with Gasteiger partial charge in [0, 0.05) is 17.1 Å². The van der Waals surface area contributed by atoms with E-state index in [0.29, 0.717) is 0 Å². The third-order valence-electron chi connectivity index (χ3n) is 7.68. The van der Waals surface area contributed by atoms with E-state index in [-0.39, 0.29) is 0 Å². The molecule has 5 aromatic carbocycles. The van der Waals surface area contributed by atoms with Gasteiger partial charge in [-0.25, -0.2) is 0 Å². The van der Waals surface area contributed by atoms with Gasteiger partial charge >= 0.3 is 0 Å².